The Morgan fingerprint density at radius 2 is 1.90 bits per heavy atom. The van der Waals surface area contributed by atoms with Crippen molar-refractivity contribution in [3.63, 3.8) is 0 Å². The molecule has 0 aromatic heterocycles. The number of aliphatic carboxylic acids is 1. The Bertz CT molecular complexity index is 553. The Morgan fingerprint density at radius 3 is 2.50 bits per heavy atom. The number of nitrogens with one attached hydrogen (secondary N) is 1. The zero-order chi connectivity index (χ0) is 14.7. The summed E-state index contributed by atoms with van der Waals surface area (Å²) in [6.07, 6.45) is 4.18. The van der Waals surface area contributed by atoms with Crippen LogP contribution in [-0.2, 0) is 9.59 Å². The lowest BCUT2D eigenvalue weighted by atomic mass is 9.82. The van der Waals surface area contributed by atoms with Crippen molar-refractivity contribution in [3.05, 3.63) is 40.6 Å². The zero-order valence-electron chi connectivity index (χ0n) is 10.5. The van der Waals surface area contributed by atoms with E-state index in [1.165, 1.54) is 12.1 Å². The molecular weight excluding hydrogens is 329 g/mol. The van der Waals surface area contributed by atoms with Gasteiger partial charge in [-0.1, -0.05) is 18.2 Å². The van der Waals surface area contributed by atoms with Gasteiger partial charge in [-0.15, -0.1) is 0 Å². The highest BCUT2D eigenvalue weighted by molar-refractivity contribution is 9.10. The molecule has 20 heavy (non-hydrogen) atoms. The molecule has 1 aromatic rings. The summed E-state index contributed by atoms with van der Waals surface area (Å²) in [5.41, 5.74) is 0.0381. The van der Waals surface area contributed by atoms with E-state index in [0.717, 1.165) is 0 Å². The van der Waals surface area contributed by atoms with E-state index in [0.29, 0.717) is 17.3 Å². The van der Waals surface area contributed by atoms with E-state index >= 15 is 0 Å². The fraction of sp³-hybridized carbons (Fsp3) is 0.286. The largest absolute Gasteiger partial charge is 0.481 e. The van der Waals surface area contributed by atoms with Crippen LogP contribution < -0.4 is 5.32 Å². The summed E-state index contributed by atoms with van der Waals surface area (Å²) in [5, 5.41) is 11.6. The van der Waals surface area contributed by atoms with Gasteiger partial charge in [0, 0.05) is 4.47 Å². The molecular formula is C14H13BrFNO3. The van der Waals surface area contributed by atoms with E-state index < -0.39 is 29.5 Å². The van der Waals surface area contributed by atoms with Gasteiger partial charge in [-0.05, 0) is 40.9 Å². The van der Waals surface area contributed by atoms with Crippen LogP contribution in [0.4, 0.5) is 10.1 Å². The molecule has 2 atom stereocenters. The Labute approximate surface area is 123 Å². The molecule has 0 spiro atoms. The highest BCUT2D eigenvalue weighted by Crippen LogP contribution is 2.30. The van der Waals surface area contributed by atoms with Gasteiger partial charge < -0.3 is 10.4 Å². The molecule has 0 heterocycles. The lowest BCUT2D eigenvalue weighted by Gasteiger charge is -2.24. The van der Waals surface area contributed by atoms with Gasteiger partial charge >= 0.3 is 5.97 Å². The summed E-state index contributed by atoms with van der Waals surface area (Å²) in [4.78, 5) is 23.3. The second kappa shape index (κ2) is 6.17. The molecule has 0 saturated heterocycles. The molecule has 1 aromatic carbocycles. The van der Waals surface area contributed by atoms with Crippen LogP contribution in [-0.4, -0.2) is 17.0 Å². The summed E-state index contributed by atoms with van der Waals surface area (Å²) in [7, 11) is 0. The Hall–Kier alpha value is -1.69. The average Bonchev–Trinajstić information content (AvgIpc) is 2.43. The first-order valence-corrected chi connectivity index (χ1v) is 6.92. The number of carbonyl (C=O) groups is 2. The van der Waals surface area contributed by atoms with E-state index in [2.05, 4.69) is 21.2 Å². The number of benzene rings is 1. The number of para-hydroxylation sites is 1. The monoisotopic (exact) mass is 341 g/mol. The molecule has 4 nitrogen and oxygen atoms in total. The van der Waals surface area contributed by atoms with Crippen molar-refractivity contribution >= 4 is 33.5 Å². The molecule has 0 aliphatic heterocycles. The van der Waals surface area contributed by atoms with Gasteiger partial charge in [0.05, 0.1) is 17.5 Å². The molecule has 2 rings (SSSR count). The maximum atomic E-state index is 13.7. The summed E-state index contributed by atoms with van der Waals surface area (Å²) in [6, 6.07) is 4.35. The molecule has 0 radical (unpaired) electrons. The molecule has 2 unspecified atom stereocenters. The minimum absolute atomic E-state index is 0.0381. The van der Waals surface area contributed by atoms with Crippen molar-refractivity contribution < 1.29 is 19.1 Å². The fourth-order valence-corrected chi connectivity index (χ4v) is 2.65. The highest BCUT2D eigenvalue weighted by Gasteiger charge is 2.34. The quantitative estimate of drug-likeness (QED) is 0.829. The lowest BCUT2D eigenvalue weighted by molar-refractivity contribution is -0.146. The summed E-state index contributed by atoms with van der Waals surface area (Å²) in [6.45, 7) is 0. The third kappa shape index (κ3) is 3.07. The maximum Gasteiger partial charge on any atom is 0.307 e. The summed E-state index contributed by atoms with van der Waals surface area (Å²) >= 11 is 3.16. The molecule has 0 fully saturated rings. The molecule has 0 bridgehead atoms. The number of allylic oxidation sites excluding steroid dienone is 2. The molecule has 6 heteroatoms. The molecule has 1 amide bonds. The Kier molecular flexibility index (Phi) is 4.54. The molecule has 2 N–H and O–H groups in total. The Balaban J connectivity index is 2.19. The summed E-state index contributed by atoms with van der Waals surface area (Å²) in [5.74, 6) is -3.52. The van der Waals surface area contributed by atoms with Crippen LogP contribution in [0.5, 0.6) is 0 Å². The number of hydrogen-bond donors (Lipinski definition) is 2. The number of halogens is 2. The smallest absolute Gasteiger partial charge is 0.307 e. The third-order valence-electron chi connectivity index (χ3n) is 3.30. The normalized spacial score (nSPS) is 21.5. The minimum Gasteiger partial charge on any atom is -0.481 e. The third-order valence-corrected chi connectivity index (χ3v) is 3.96. The maximum absolute atomic E-state index is 13.7. The predicted molar refractivity (Wildman–Crippen MR) is 75.7 cm³/mol. The van der Waals surface area contributed by atoms with Crippen molar-refractivity contribution in [1.29, 1.82) is 0 Å². The Morgan fingerprint density at radius 1 is 1.25 bits per heavy atom. The number of carboxylic acid groups (broad SMARTS) is 1. The van der Waals surface area contributed by atoms with Crippen LogP contribution >= 0.6 is 15.9 Å². The van der Waals surface area contributed by atoms with Gasteiger partial charge in [0.15, 0.2) is 0 Å². The average molecular weight is 342 g/mol. The minimum atomic E-state index is -1.01. The van der Waals surface area contributed by atoms with Gasteiger partial charge in [-0.2, -0.15) is 0 Å². The van der Waals surface area contributed by atoms with E-state index in [9.17, 15) is 14.0 Å². The van der Waals surface area contributed by atoms with E-state index in [1.807, 2.05) is 0 Å². The number of carboxylic acids is 1. The second-order valence-electron chi connectivity index (χ2n) is 4.58. The molecule has 1 aliphatic carbocycles. The van der Waals surface area contributed by atoms with Crippen molar-refractivity contribution in [2.75, 3.05) is 5.32 Å². The first-order chi connectivity index (χ1) is 9.50. The molecule has 0 saturated carbocycles. The van der Waals surface area contributed by atoms with E-state index in [1.54, 1.807) is 18.2 Å². The van der Waals surface area contributed by atoms with Crippen LogP contribution in [0, 0.1) is 17.7 Å². The van der Waals surface area contributed by atoms with Gasteiger partial charge in [0.1, 0.15) is 5.82 Å². The number of hydrogen-bond acceptors (Lipinski definition) is 2. The lowest BCUT2D eigenvalue weighted by Crippen LogP contribution is -2.35. The van der Waals surface area contributed by atoms with Crippen LogP contribution in [0.15, 0.2) is 34.8 Å². The van der Waals surface area contributed by atoms with Crippen molar-refractivity contribution in [3.8, 4) is 0 Å². The van der Waals surface area contributed by atoms with Crippen molar-refractivity contribution in [2.45, 2.75) is 12.8 Å². The highest BCUT2D eigenvalue weighted by atomic mass is 79.9. The van der Waals surface area contributed by atoms with Crippen LogP contribution in [0.1, 0.15) is 12.8 Å². The van der Waals surface area contributed by atoms with E-state index in [4.69, 9.17) is 5.11 Å². The van der Waals surface area contributed by atoms with Crippen molar-refractivity contribution in [2.24, 2.45) is 11.8 Å². The topological polar surface area (TPSA) is 66.4 Å². The second-order valence-corrected chi connectivity index (χ2v) is 5.43. The zero-order valence-corrected chi connectivity index (χ0v) is 12.1. The first-order valence-electron chi connectivity index (χ1n) is 6.13. The number of rotatable bonds is 3. The van der Waals surface area contributed by atoms with E-state index in [-0.39, 0.29) is 5.69 Å². The molecule has 1 aliphatic rings. The number of anilines is 1. The van der Waals surface area contributed by atoms with Crippen molar-refractivity contribution in [1.82, 2.24) is 0 Å². The van der Waals surface area contributed by atoms with Crippen LogP contribution in [0.2, 0.25) is 0 Å². The van der Waals surface area contributed by atoms with Gasteiger partial charge in [-0.25, -0.2) is 4.39 Å². The van der Waals surface area contributed by atoms with Gasteiger partial charge in [-0.3, -0.25) is 9.59 Å². The number of carbonyl (C=O) groups excluding carboxylic acids is 1. The van der Waals surface area contributed by atoms with Gasteiger partial charge in [0.25, 0.3) is 0 Å². The fourth-order valence-electron chi connectivity index (χ4n) is 2.21. The van der Waals surface area contributed by atoms with Crippen LogP contribution in [0.25, 0.3) is 0 Å². The first kappa shape index (κ1) is 14.7. The predicted octanol–water partition coefficient (Wildman–Crippen LogP) is 3.19. The molecule has 106 valence electrons. The number of amides is 1. The summed E-state index contributed by atoms with van der Waals surface area (Å²) < 4.78 is 14.1. The SMILES string of the molecule is O=C(O)C1CC=CCC1C(=O)Nc1c(F)cccc1Br. The van der Waals surface area contributed by atoms with Crippen LogP contribution in [0.3, 0.4) is 0 Å². The van der Waals surface area contributed by atoms with Gasteiger partial charge in [0.2, 0.25) is 5.91 Å². The standard InChI is InChI=1S/C14H13BrFNO3/c15-10-6-3-7-11(16)12(10)17-13(18)8-4-1-2-5-9(8)14(19)20/h1-3,6-9H,4-5H2,(H,17,18)(H,19,20).